The van der Waals surface area contributed by atoms with E-state index in [1.54, 1.807) is 0 Å². The molecule has 0 aliphatic carbocycles. The number of hydrogen-bond donors (Lipinski definition) is 2. The molecule has 0 saturated heterocycles. The van der Waals surface area contributed by atoms with Crippen LogP contribution < -0.4 is 4.74 Å². The second kappa shape index (κ2) is 7.73. The van der Waals surface area contributed by atoms with Crippen molar-refractivity contribution in [2.24, 2.45) is 0 Å². The monoisotopic (exact) mass is 400 g/mol. The lowest BCUT2D eigenvalue weighted by molar-refractivity contribution is 0.244. The van der Waals surface area contributed by atoms with E-state index < -0.39 is 0 Å². The summed E-state index contributed by atoms with van der Waals surface area (Å²) < 4.78 is 11.0. The van der Waals surface area contributed by atoms with E-state index >= 15 is 0 Å². The maximum absolute atomic E-state index is 10.2. The Hall–Kier alpha value is -2.70. The highest BCUT2D eigenvalue weighted by Gasteiger charge is 2.26. The van der Waals surface area contributed by atoms with Crippen molar-refractivity contribution in [2.45, 2.75) is 26.4 Å². The molecule has 0 spiro atoms. The van der Waals surface area contributed by atoms with Gasteiger partial charge in [-0.2, -0.15) is 0 Å². The summed E-state index contributed by atoms with van der Waals surface area (Å²) in [6.07, 6.45) is 0.766. The Morgan fingerprint density at radius 2 is 1.96 bits per heavy atom. The highest BCUT2D eigenvalue weighted by molar-refractivity contribution is 6.32. The quantitative estimate of drug-likeness (QED) is 0.662. The summed E-state index contributed by atoms with van der Waals surface area (Å²) in [4.78, 5) is 2.30. The average molecular weight is 401 g/mol. The summed E-state index contributed by atoms with van der Waals surface area (Å²) in [6.45, 7) is 4.93. The van der Waals surface area contributed by atoms with Crippen LogP contribution in [0.4, 0.5) is 0 Å². The van der Waals surface area contributed by atoms with E-state index in [-0.39, 0.29) is 16.5 Å². The van der Waals surface area contributed by atoms with Gasteiger partial charge in [-0.05, 0) is 30.7 Å². The van der Waals surface area contributed by atoms with Crippen LogP contribution in [-0.2, 0) is 19.5 Å². The van der Waals surface area contributed by atoms with Crippen LogP contribution in [0.3, 0.4) is 0 Å². The summed E-state index contributed by atoms with van der Waals surface area (Å²) >= 11 is 6.01. The molecule has 0 atom stereocenters. The zero-order chi connectivity index (χ0) is 19.7. The Morgan fingerprint density at radius 3 is 2.71 bits per heavy atom. The molecular weight excluding hydrogens is 380 g/mol. The summed E-state index contributed by atoms with van der Waals surface area (Å²) in [5.74, 6) is 1.09. The topological polar surface area (TPSA) is 79.0 Å². The van der Waals surface area contributed by atoms with Crippen LogP contribution in [0.25, 0.3) is 11.3 Å². The molecule has 1 aliphatic rings. The van der Waals surface area contributed by atoms with Gasteiger partial charge in [-0.3, -0.25) is 4.90 Å². The summed E-state index contributed by atoms with van der Waals surface area (Å²) in [6, 6.07) is 10.8. The standard InChI is InChI=1S/C21H21ClN2O4/c1-2-27-14-5-3-13(4-6-14)11-24-8-7-18-16(12-24)21(28-23-18)15-9-17(22)20(26)10-19(15)25/h3-6,9-10,25-26H,2,7-8,11-12H2,1H3. The molecule has 0 amide bonds. The van der Waals surface area contributed by atoms with Crippen molar-refractivity contribution in [1.82, 2.24) is 10.1 Å². The lowest BCUT2D eigenvalue weighted by Crippen LogP contribution is -2.30. The van der Waals surface area contributed by atoms with Crippen LogP contribution in [0.15, 0.2) is 40.9 Å². The third-order valence-electron chi connectivity index (χ3n) is 4.87. The first-order valence-corrected chi connectivity index (χ1v) is 9.56. The zero-order valence-corrected chi connectivity index (χ0v) is 16.2. The molecule has 4 rings (SSSR count). The molecule has 2 heterocycles. The van der Waals surface area contributed by atoms with Crippen molar-refractivity contribution in [3.05, 3.63) is 58.2 Å². The van der Waals surface area contributed by atoms with E-state index in [2.05, 4.69) is 22.2 Å². The molecule has 1 aromatic heterocycles. The van der Waals surface area contributed by atoms with Crippen molar-refractivity contribution in [3.63, 3.8) is 0 Å². The first kappa shape index (κ1) is 18.7. The Labute approximate surface area is 167 Å². The van der Waals surface area contributed by atoms with Gasteiger partial charge in [0.2, 0.25) is 0 Å². The normalized spacial score (nSPS) is 14.1. The minimum atomic E-state index is -0.173. The van der Waals surface area contributed by atoms with Crippen molar-refractivity contribution < 1.29 is 19.5 Å². The minimum absolute atomic E-state index is 0.0931. The van der Waals surface area contributed by atoms with Crippen LogP contribution in [0, 0.1) is 0 Å². The predicted octanol–water partition coefficient (Wildman–Crippen LogP) is 4.36. The number of halogens is 1. The molecule has 0 radical (unpaired) electrons. The van der Waals surface area contributed by atoms with E-state index in [0.29, 0.717) is 24.5 Å². The van der Waals surface area contributed by atoms with Gasteiger partial charge < -0.3 is 19.5 Å². The maximum atomic E-state index is 10.2. The van der Waals surface area contributed by atoms with E-state index in [4.69, 9.17) is 20.9 Å². The smallest absolute Gasteiger partial charge is 0.175 e. The van der Waals surface area contributed by atoms with Crippen molar-refractivity contribution in [2.75, 3.05) is 13.2 Å². The van der Waals surface area contributed by atoms with Crippen molar-refractivity contribution in [1.29, 1.82) is 0 Å². The van der Waals surface area contributed by atoms with E-state index in [9.17, 15) is 10.2 Å². The average Bonchev–Trinajstić information content (AvgIpc) is 3.09. The highest BCUT2D eigenvalue weighted by atomic mass is 35.5. The van der Waals surface area contributed by atoms with Gasteiger partial charge in [0.15, 0.2) is 5.76 Å². The summed E-state index contributed by atoms with van der Waals surface area (Å²) in [5, 5.41) is 24.2. The Morgan fingerprint density at radius 1 is 1.18 bits per heavy atom. The molecule has 1 aliphatic heterocycles. The molecule has 0 saturated carbocycles. The van der Waals surface area contributed by atoms with Gasteiger partial charge in [0.25, 0.3) is 0 Å². The molecule has 2 aromatic carbocycles. The molecule has 0 unspecified atom stereocenters. The highest BCUT2D eigenvalue weighted by Crippen LogP contribution is 2.40. The zero-order valence-electron chi connectivity index (χ0n) is 15.5. The molecule has 6 nitrogen and oxygen atoms in total. The first-order valence-electron chi connectivity index (χ1n) is 9.18. The van der Waals surface area contributed by atoms with E-state index in [0.717, 1.165) is 36.5 Å². The van der Waals surface area contributed by atoms with Gasteiger partial charge in [-0.25, -0.2) is 0 Å². The number of ether oxygens (including phenoxy) is 1. The number of nitrogens with zero attached hydrogens (tertiary/aromatic N) is 2. The fourth-order valence-electron chi connectivity index (χ4n) is 3.46. The van der Waals surface area contributed by atoms with Gasteiger partial charge in [-0.15, -0.1) is 0 Å². The fourth-order valence-corrected chi connectivity index (χ4v) is 3.63. The van der Waals surface area contributed by atoms with Crippen molar-refractivity contribution in [3.8, 4) is 28.6 Å². The molecular formula is C21H21ClN2O4. The molecule has 0 bridgehead atoms. The van der Waals surface area contributed by atoms with E-state index in [1.807, 2.05) is 19.1 Å². The number of phenolic OH excluding ortho intramolecular Hbond substituents is 2. The predicted molar refractivity (Wildman–Crippen MR) is 106 cm³/mol. The summed E-state index contributed by atoms with van der Waals surface area (Å²) in [5.41, 5.74) is 3.45. The Balaban J connectivity index is 1.55. The van der Waals surface area contributed by atoms with Crippen LogP contribution in [0.5, 0.6) is 17.2 Å². The second-order valence-corrected chi connectivity index (χ2v) is 7.20. The largest absolute Gasteiger partial charge is 0.507 e. The van der Waals surface area contributed by atoms with Crippen molar-refractivity contribution >= 4 is 11.6 Å². The van der Waals surface area contributed by atoms with Gasteiger partial charge >= 0.3 is 0 Å². The number of aromatic nitrogens is 1. The number of benzene rings is 2. The third kappa shape index (κ3) is 3.66. The number of phenols is 2. The van der Waals surface area contributed by atoms with Gasteiger partial charge in [0.1, 0.15) is 17.2 Å². The second-order valence-electron chi connectivity index (χ2n) is 6.80. The first-order chi connectivity index (χ1) is 13.5. The van der Waals surface area contributed by atoms with Crippen LogP contribution in [0.1, 0.15) is 23.7 Å². The number of rotatable bonds is 5. The van der Waals surface area contributed by atoms with Crippen LogP contribution in [0.2, 0.25) is 5.02 Å². The van der Waals surface area contributed by atoms with Crippen LogP contribution in [-0.4, -0.2) is 33.4 Å². The Kier molecular flexibility index (Phi) is 5.15. The molecule has 0 fully saturated rings. The van der Waals surface area contributed by atoms with Crippen LogP contribution >= 0.6 is 11.6 Å². The van der Waals surface area contributed by atoms with Gasteiger partial charge in [0, 0.05) is 37.7 Å². The molecule has 2 N–H and O–H groups in total. The summed E-state index contributed by atoms with van der Waals surface area (Å²) in [7, 11) is 0. The lowest BCUT2D eigenvalue weighted by Gasteiger charge is -2.26. The molecule has 28 heavy (non-hydrogen) atoms. The lowest BCUT2D eigenvalue weighted by atomic mass is 10.0. The number of aromatic hydroxyl groups is 2. The van der Waals surface area contributed by atoms with E-state index in [1.165, 1.54) is 17.7 Å². The minimum Gasteiger partial charge on any atom is -0.507 e. The van der Waals surface area contributed by atoms with Gasteiger partial charge in [0.05, 0.1) is 22.9 Å². The number of hydrogen-bond acceptors (Lipinski definition) is 6. The third-order valence-corrected chi connectivity index (χ3v) is 5.17. The SMILES string of the molecule is CCOc1ccc(CN2CCc3noc(-c4cc(Cl)c(O)cc4O)c3C2)cc1. The molecule has 7 heteroatoms. The fraction of sp³-hybridized carbons (Fsp3) is 0.286. The molecule has 3 aromatic rings. The Bertz CT molecular complexity index is 985. The molecule has 146 valence electrons. The number of fused-ring (bicyclic) bond motifs is 1. The maximum Gasteiger partial charge on any atom is 0.175 e. The van der Waals surface area contributed by atoms with Gasteiger partial charge in [-0.1, -0.05) is 28.9 Å².